The van der Waals surface area contributed by atoms with E-state index in [4.69, 9.17) is 23.2 Å². The van der Waals surface area contributed by atoms with E-state index in [1.807, 2.05) is 25.1 Å². The predicted octanol–water partition coefficient (Wildman–Crippen LogP) is 4.31. The van der Waals surface area contributed by atoms with Gasteiger partial charge in [-0.05, 0) is 37.3 Å². The van der Waals surface area contributed by atoms with Gasteiger partial charge in [0.25, 0.3) is 0 Å². The van der Waals surface area contributed by atoms with Gasteiger partial charge in [-0.1, -0.05) is 29.3 Å². The van der Waals surface area contributed by atoms with E-state index >= 15 is 0 Å². The molecule has 2 rings (SSSR count). The first-order chi connectivity index (χ1) is 8.15. The Morgan fingerprint density at radius 3 is 2.76 bits per heavy atom. The van der Waals surface area contributed by atoms with E-state index in [1.165, 1.54) is 0 Å². The molecule has 0 aliphatic heterocycles. The van der Waals surface area contributed by atoms with Crippen LogP contribution in [0.25, 0.3) is 0 Å². The molecule has 1 N–H and O–H groups in total. The second-order valence-corrected chi connectivity index (χ2v) is 4.59. The maximum atomic E-state index is 6.05. The first-order valence-electron chi connectivity index (χ1n) is 5.26. The highest BCUT2D eigenvalue weighted by Crippen LogP contribution is 2.25. The van der Waals surface area contributed by atoms with Crippen LogP contribution in [0, 0.1) is 6.92 Å². The minimum Gasteiger partial charge on any atom is -0.378 e. The Morgan fingerprint density at radius 1 is 1.18 bits per heavy atom. The highest BCUT2D eigenvalue weighted by Gasteiger charge is 2.01. The van der Waals surface area contributed by atoms with Gasteiger partial charge in [0.05, 0.1) is 22.9 Å². The van der Waals surface area contributed by atoms with Crippen LogP contribution >= 0.6 is 23.2 Å². The van der Waals surface area contributed by atoms with E-state index in [-0.39, 0.29) is 0 Å². The van der Waals surface area contributed by atoms with Gasteiger partial charge in [-0.3, -0.25) is 4.98 Å². The quantitative estimate of drug-likeness (QED) is 0.896. The van der Waals surface area contributed by atoms with Gasteiger partial charge in [-0.25, -0.2) is 0 Å². The van der Waals surface area contributed by atoms with Gasteiger partial charge < -0.3 is 5.32 Å². The second-order valence-electron chi connectivity index (χ2n) is 3.75. The van der Waals surface area contributed by atoms with Crippen molar-refractivity contribution in [1.29, 1.82) is 0 Å². The van der Waals surface area contributed by atoms with Crippen molar-refractivity contribution in [3.8, 4) is 0 Å². The molecule has 0 fully saturated rings. The topological polar surface area (TPSA) is 24.9 Å². The van der Waals surface area contributed by atoms with E-state index in [0.29, 0.717) is 16.6 Å². The van der Waals surface area contributed by atoms with Gasteiger partial charge in [-0.2, -0.15) is 0 Å². The molecular weight excluding hydrogens is 255 g/mol. The fourth-order valence-electron chi connectivity index (χ4n) is 1.52. The summed E-state index contributed by atoms with van der Waals surface area (Å²) in [5.41, 5.74) is 2.80. The molecule has 0 aliphatic carbocycles. The van der Waals surface area contributed by atoms with Gasteiger partial charge in [0.15, 0.2) is 0 Å². The number of rotatable bonds is 3. The van der Waals surface area contributed by atoms with Crippen molar-refractivity contribution in [1.82, 2.24) is 4.98 Å². The molecule has 0 atom stereocenters. The van der Waals surface area contributed by atoms with Crippen molar-refractivity contribution in [2.45, 2.75) is 13.5 Å². The molecule has 0 radical (unpaired) electrons. The third kappa shape index (κ3) is 3.35. The zero-order valence-corrected chi connectivity index (χ0v) is 10.9. The molecule has 4 heteroatoms. The Bertz CT molecular complexity index is 527. The molecule has 17 heavy (non-hydrogen) atoms. The minimum absolute atomic E-state index is 0.627. The van der Waals surface area contributed by atoms with Crippen LogP contribution < -0.4 is 5.32 Å². The Kier molecular flexibility index (Phi) is 3.87. The second kappa shape index (κ2) is 5.39. The Morgan fingerprint density at radius 2 is 2.00 bits per heavy atom. The number of halogens is 2. The molecule has 1 aromatic carbocycles. The van der Waals surface area contributed by atoms with Crippen LogP contribution in [-0.4, -0.2) is 4.98 Å². The average Bonchev–Trinajstić information content (AvgIpc) is 2.30. The number of aryl methyl sites for hydroxylation is 1. The fraction of sp³-hybridized carbons (Fsp3) is 0.154. The van der Waals surface area contributed by atoms with Crippen molar-refractivity contribution in [2.24, 2.45) is 0 Å². The van der Waals surface area contributed by atoms with Crippen LogP contribution in [0.1, 0.15) is 11.4 Å². The van der Waals surface area contributed by atoms with Crippen LogP contribution in [-0.2, 0) is 6.54 Å². The lowest BCUT2D eigenvalue weighted by Gasteiger charge is -2.08. The van der Waals surface area contributed by atoms with Gasteiger partial charge in [0, 0.05) is 10.7 Å². The molecule has 0 bridgehead atoms. The van der Waals surface area contributed by atoms with Crippen LogP contribution in [0.2, 0.25) is 10.0 Å². The first kappa shape index (κ1) is 12.2. The smallest absolute Gasteiger partial charge is 0.0638 e. The summed E-state index contributed by atoms with van der Waals surface area (Å²) < 4.78 is 0. The summed E-state index contributed by atoms with van der Waals surface area (Å²) in [5.74, 6) is 0. The molecular formula is C13H12Cl2N2. The molecule has 0 saturated carbocycles. The fourth-order valence-corrected chi connectivity index (χ4v) is 1.87. The molecule has 88 valence electrons. The lowest BCUT2D eigenvalue weighted by molar-refractivity contribution is 1.02. The van der Waals surface area contributed by atoms with Crippen molar-refractivity contribution in [3.05, 3.63) is 57.8 Å². The molecule has 2 nitrogen and oxygen atoms in total. The standard InChI is InChI=1S/C13H12Cl2N2/c1-9-3-2-4-11(17-9)8-16-13-7-10(14)5-6-12(13)15/h2-7,16H,8H2,1H3. The number of nitrogens with one attached hydrogen (secondary N) is 1. The lowest BCUT2D eigenvalue weighted by atomic mass is 10.3. The Hall–Kier alpha value is -1.25. The van der Waals surface area contributed by atoms with Crippen molar-refractivity contribution < 1.29 is 0 Å². The summed E-state index contributed by atoms with van der Waals surface area (Å²) in [6.07, 6.45) is 0. The highest BCUT2D eigenvalue weighted by atomic mass is 35.5. The van der Waals surface area contributed by atoms with Crippen molar-refractivity contribution in [2.75, 3.05) is 5.32 Å². The summed E-state index contributed by atoms with van der Waals surface area (Å²) in [4.78, 5) is 4.40. The van der Waals surface area contributed by atoms with E-state index in [0.717, 1.165) is 17.1 Å². The Balaban J connectivity index is 2.09. The van der Waals surface area contributed by atoms with Gasteiger partial charge in [-0.15, -0.1) is 0 Å². The number of benzene rings is 1. The van der Waals surface area contributed by atoms with Gasteiger partial charge >= 0.3 is 0 Å². The van der Waals surface area contributed by atoms with Crippen LogP contribution in [0.5, 0.6) is 0 Å². The van der Waals surface area contributed by atoms with Crippen LogP contribution in [0.15, 0.2) is 36.4 Å². The van der Waals surface area contributed by atoms with E-state index in [2.05, 4.69) is 10.3 Å². The summed E-state index contributed by atoms with van der Waals surface area (Å²) >= 11 is 12.0. The monoisotopic (exact) mass is 266 g/mol. The summed E-state index contributed by atoms with van der Waals surface area (Å²) in [6.45, 7) is 2.59. The molecule has 0 spiro atoms. The largest absolute Gasteiger partial charge is 0.378 e. The van der Waals surface area contributed by atoms with E-state index in [9.17, 15) is 0 Å². The molecule has 1 heterocycles. The molecule has 0 unspecified atom stereocenters. The SMILES string of the molecule is Cc1cccc(CNc2cc(Cl)ccc2Cl)n1. The number of aromatic nitrogens is 1. The molecule has 0 aliphatic rings. The summed E-state index contributed by atoms with van der Waals surface area (Å²) in [5, 5.41) is 4.53. The Labute approximate surface area is 111 Å². The zero-order valence-electron chi connectivity index (χ0n) is 9.37. The van der Waals surface area contributed by atoms with Crippen LogP contribution in [0.3, 0.4) is 0 Å². The predicted molar refractivity (Wildman–Crippen MR) is 72.8 cm³/mol. The first-order valence-corrected chi connectivity index (χ1v) is 6.02. The third-order valence-electron chi connectivity index (χ3n) is 2.33. The normalized spacial score (nSPS) is 10.3. The molecule has 0 amide bonds. The van der Waals surface area contributed by atoms with Crippen LogP contribution in [0.4, 0.5) is 5.69 Å². The molecule has 2 aromatic rings. The third-order valence-corrected chi connectivity index (χ3v) is 2.90. The number of hydrogen-bond acceptors (Lipinski definition) is 2. The number of hydrogen-bond donors (Lipinski definition) is 1. The lowest BCUT2D eigenvalue weighted by Crippen LogP contribution is -2.02. The van der Waals surface area contributed by atoms with E-state index < -0.39 is 0 Å². The number of pyridine rings is 1. The number of nitrogens with zero attached hydrogens (tertiary/aromatic N) is 1. The van der Waals surface area contributed by atoms with E-state index in [1.54, 1.807) is 18.2 Å². The zero-order chi connectivity index (χ0) is 12.3. The maximum absolute atomic E-state index is 6.05. The number of anilines is 1. The maximum Gasteiger partial charge on any atom is 0.0638 e. The van der Waals surface area contributed by atoms with Crippen molar-refractivity contribution >= 4 is 28.9 Å². The van der Waals surface area contributed by atoms with Gasteiger partial charge in [0.2, 0.25) is 0 Å². The summed E-state index contributed by atoms with van der Waals surface area (Å²) in [6, 6.07) is 11.3. The summed E-state index contributed by atoms with van der Waals surface area (Å²) in [7, 11) is 0. The minimum atomic E-state index is 0.627. The molecule has 1 aromatic heterocycles. The highest BCUT2D eigenvalue weighted by molar-refractivity contribution is 6.35. The van der Waals surface area contributed by atoms with Gasteiger partial charge in [0.1, 0.15) is 0 Å². The van der Waals surface area contributed by atoms with Crippen molar-refractivity contribution in [3.63, 3.8) is 0 Å². The molecule has 0 saturated heterocycles. The average molecular weight is 267 g/mol.